The first kappa shape index (κ1) is 15.1. The molecule has 0 atom stereocenters. The lowest BCUT2D eigenvalue weighted by Gasteiger charge is -2.36. The molecule has 1 N–H and O–H groups in total. The molecule has 2 heterocycles. The lowest BCUT2D eigenvalue weighted by molar-refractivity contribution is -0.138. The number of carbonyl (C=O) groups excluding carboxylic acids is 1. The van der Waals surface area contributed by atoms with Crippen LogP contribution in [-0.2, 0) is 14.6 Å². The van der Waals surface area contributed by atoms with Gasteiger partial charge in [-0.2, -0.15) is 0 Å². The van der Waals surface area contributed by atoms with E-state index in [2.05, 4.69) is 0 Å². The Balaban J connectivity index is 1.82. The van der Waals surface area contributed by atoms with Gasteiger partial charge in [-0.1, -0.05) is 0 Å². The van der Waals surface area contributed by atoms with Gasteiger partial charge in [0.25, 0.3) is 0 Å². The molecule has 0 radical (unpaired) electrons. The van der Waals surface area contributed by atoms with E-state index in [9.17, 15) is 18.0 Å². The van der Waals surface area contributed by atoms with Gasteiger partial charge in [-0.25, -0.2) is 13.2 Å². The number of nitrogens with zero attached hydrogens (tertiary/aromatic N) is 2. The number of aliphatic carboxylic acids is 1. The number of carbonyl (C=O) groups is 2. The molecule has 0 aromatic carbocycles. The molecule has 2 fully saturated rings. The van der Waals surface area contributed by atoms with E-state index in [1.807, 2.05) is 0 Å². The van der Waals surface area contributed by atoms with Gasteiger partial charge in [-0.15, -0.1) is 0 Å². The molecule has 0 unspecified atom stereocenters. The summed E-state index contributed by atoms with van der Waals surface area (Å²) in [5, 5.41) is 8.75. The van der Waals surface area contributed by atoms with E-state index in [0.717, 1.165) is 0 Å². The van der Waals surface area contributed by atoms with Gasteiger partial charge in [0.2, 0.25) is 0 Å². The third-order valence-electron chi connectivity index (χ3n) is 3.96. The van der Waals surface area contributed by atoms with Crippen molar-refractivity contribution in [3.05, 3.63) is 0 Å². The standard InChI is InChI=1S/C12H20N2O5S/c15-11(16)9-10-1-3-13(4-2-10)12(17)14-5-7-20(18,19)8-6-14/h10H,1-9H2,(H,15,16). The van der Waals surface area contributed by atoms with Crippen LogP contribution in [0.3, 0.4) is 0 Å². The van der Waals surface area contributed by atoms with Crippen molar-refractivity contribution in [3.8, 4) is 0 Å². The van der Waals surface area contributed by atoms with Gasteiger partial charge < -0.3 is 14.9 Å². The number of likely N-dealkylation sites (tertiary alicyclic amines) is 1. The van der Waals surface area contributed by atoms with Crippen molar-refractivity contribution in [1.82, 2.24) is 9.80 Å². The van der Waals surface area contributed by atoms with E-state index >= 15 is 0 Å². The maximum absolute atomic E-state index is 12.2. The number of hydrogen-bond acceptors (Lipinski definition) is 4. The Morgan fingerprint density at radius 2 is 1.50 bits per heavy atom. The third-order valence-corrected chi connectivity index (χ3v) is 5.57. The Hall–Kier alpha value is -1.31. The lowest BCUT2D eigenvalue weighted by atomic mass is 9.94. The molecule has 0 spiro atoms. The topological polar surface area (TPSA) is 95.0 Å². The van der Waals surface area contributed by atoms with Crippen LogP contribution in [0.5, 0.6) is 0 Å². The molecule has 0 aliphatic carbocycles. The zero-order valence-corrected chi connectivity index (χ0v) is 12.1. The fraction of sp³-hybridized carbons (Fsp3) is 0.833. The summed E-state index contributed by atoms with van der Waals surface area (Å²) < 4.78 is 22.7. The van der Waals surface area contributed by atoms with Gasteiger partial charge in [-0.05, 0) is 18.8 Å². The van der Waals surface area contributed by atoms with Crippen LogP contribution in [0.25, 0.3) is 0 Å². The summed E-state index contributed by atoms with van der Waals surface area (Å²) in [6.07, 6.45) is 1.55. The summed E-state index contributed by atoms with van der Waals surface area (Å²) in [6.45, 7) is 1.63. The van der Waals surface area contributed by atoms with Gasteiger partial charge in [0, 0.05) is 32.6 Å². The smallest absolute Gasteiger partial charge is 0.320 e. The molecule has 2 aliphatic rings. The SMILES string of the molecule is O=C(O)CC1CCN(C(=O)N2CCS(=O)(=O)CC2)CC1. The van der Waals surface area contributed by atoms with Crippen molar-refractivity contribution in [2.24, 2.45) is 5.92 Å². The highest BCUT2D eigenvalue weighted by atomic mass is 32.2. The molecule has 8 heteroatoms. The number of hydrogen-bond donors (Lipinski definition) is 1. The minimum absolute atomic E-state index is 0.0359. The molecular weight excluding hydrogens is 284 g/mol. The second-order valence-corrected chi connectivity index (χ2v) is 7.75. The highest BCUT2D eigenvalue weighted by molar-refractivity contribution is 7.91. The van der Waals surface area contributed by atoms with E-state index < -0.39 is 15.8 Å². The van der Waals surface area contributed by atoms with Crippen LogP contribution in [0.15, 0.2) is 0 Å². The van der Waals surface area contributed by atoms with Gasteiger partial charge in [0.1, 0.15) is 0 Å². The monoisotopic (exact) mass is 304 g/mol. The first-order valence-corrected chi connectivity index (χ1v) is 8.65. The molecule has 2 rings (SSSR count). The third kappa shape index (κ3) is 3.84. The van der Waals surface area contributed by atoms with E-state index in [1.165, 1.54) is 0 Å². The molecule has 2 saturated heterocycles. The van der Waals surface area contributed by atoms with Crippen molar-refractivity contribution in [1.29, 1.82) is 0 Å². The highest BCUT2D eigenvalue weighted by Crippen LogP contribution is 2.21. The molecule has 0 aromatic heterocycles. The Morgan fingerprint density at radius 1 is 1.00 bits per heavy atom. The largest absolute Gasteiger partial charge is 0.481 e. The summed E-state index contributed by atoms with van der Waals surface area (Å²) in [4.78, 5) is 26.2. The molecule has 7 nitrogen and oxygen atoms in total. The van der Waals surface area contributed by atoms with Crippen molar-refractivity contribution in [3.63, 3.8) is 0 Å². The summed E-state index contributed by atoms with van der Waals surface area (Å²) in [5.41, 5.74) is 0. The molecular formula is C12H20N2O5S. The number of carboxylic acid groups (broad SMARTS) is 1. The summed E-state index contributed by atoms with van der Waals surface area (Å²) in [6, 6.07) is -0.117. The van der Waals surface area contributed by atoms with Crippen LogP contribution in [0.1, 0.15) is 19.3 Å². The van der Waals surface area contributed by atoms with Gasteiger partial charge in [-0.3, -0.25) is 4.79 Å². The number of piperidine rings is 1. The van der Waals surface area contributed by atoms with Crippen LogP contribution >= 0.6 is 0 Å². The normalized spacial score (nSPS) is 23.6. The average molecular weight is 304 g/mol. The van der Waals surface area contributed by atoms with E-state index in [1.54, 1.807) is 9.80 Å². The molecule has 0 bridgehead atoms. The Labute approximate surface area is 118 Å². The molecule has 20 heavy (non-hydrogen) atoms. The number of sulfone groups is 1. The van der Waals surface area contributed by atoms with E-state index in [4.69, 9.17) is 5.11 Å². The zero-order chi connectivity index (χ0) is 14.8. The summed E-state index contributed by atoms with van der Waals surface area (Å²) in [7, 11) is -2.98. The number of rotatable bonds is 2. The van der Waals surface area contributed by atoms with Crippen molar-refractivity contribution >= 4 is 21.8 Å². The maximum atomic E-state index is 12.2. The molecule has 2 aliphatic heterocycles. The quantitative estimate of drug-likeness (QED) is 0.776. The van der Waals surface area contributed by atoms with Crippen LogP contribution < -0.4 is 0 Å². The average Bonchev–Trinajstić information content (AvgIpc) is 2.38. The van der Waals surface area contributed by atoms with E-state index in [0.29, 0.717) is 25.9 Å². The first-order valence-electron chi connectivity index (χ1n) is 6.83. The Bertz CT molecular complexity index is 468. The van der Waals surface area contributed by atoms with E-state index in [-0.39, 0.29) is 43.0 Å². The zero-order valence-electron chi connectivity index (χ0n) is 11.3. The summed E-state index contributed by atoms with van der Waals surface area (Å²) in [5.74, 6) is -0.586. The predicted octanol–water partition coefficient (Wildman–Crippen LogP) is 0.0235. The minimum Gasteiger partial charge on any atom is -0.481 e. The van der Waals surface area contributed by atoms with Crippen molar-refractivity contribution in [2.45, 2.75) is 19.3 Å². The van der Waals surface area contributed by atoms with Gasteiger partial charge >= 0.3 is 12.0 Å². The second-order valence-electron chi connectivity index (χ2n) is 5.45. The van der Waals surface area contributed by atoms with Crippen molar-refractivity contribution in [2.75, 3.05) is 37.7 Å². The molecule has 0 aromatic rings. The minimum atomic E-state index is -2.98. The number of carboxylic acids is 1. The van der Waals surface area contributed by atoms with Gasteiger partial charge in [0.15, 0.2) is 9.84 Å². The Morgan fingerprint density at radius 3 is 2.00 bits per heavy atom. The Kier molecular flexibility index (Phi) is 4.52. The predicted molar refractivity (Wildman–Crippen MR) is 72.2 cm³/mol. The lowest BCUT2D eigenvalue weighted by Crippen LogP contribution is -2.51. The number of urea groups is 1. The van der Waals surface area contributed by atoms with Crippen LogP contribution in [0.4, 0.5) is 4.79 Å². The summed E-state index contributed by atoms with van der Waals surface area (Å²) >= 11 is 0. The van der Waals surface area contributed by atoms with Gasteiger partial charge in [0.05, 0.1) is 11.5 Å². The number of amides is 2. The fourth-order valence-electron chi connectivity index (χ4n) is 2.68. The fourth-order valence-corrected chi connectivity index (χ4v) is 3.88. The van der Waals surface area contributed by atoms with Crippen LogP contribution in [0, 0.1) is 5.92 Å². The molecule has 0 saturated carbocycles. The highest BCUT2D eigenvalue weighted by Gasteiger charge is 2.30. The molecule has 114 valence electrons. The molecule has 2 amide bonds. The van der Waals surface area contributed by atoms with Crippen molar-refractivity contribution < 1.29 is 23.1 Å². The second kappa shape index (κ2) is 5.99. The first-order chi connectivity index (χ1) is 9.37. The van der Waals surface area contributed by atoms with Crippen LogP contribution in [-0.4, -0.2) is 73.0 Å². The van der Waals surface area contributed by atoms with Crippen LogP contribution in [0.2, 0.25) is 0 Å². The maximum Gasteiger partial charge on any atom is 0.320 e.